The van der Waals surface area contributed by atoms with Crippen molar-refractivity contribution in [3.63, 3.8) is 0 Å². The molecule has 0 saturated carbocycles. The molecule has 0 unspecified atom stereocenters. The highest BCUT2D eigenvalue weighted by molar-refractivity contribution is 9.10. The molecule has 0 fully saturated rings. The predicted molar refractivity (Wildman–Crippen MR) is 150 cm³/mol. The van der Waals surface area contributed by atoms with E-state index in [1.165, 1.54) is 17.3 Å². The number of benzene rings is 3. The Morgan fingerprint density at radius 2 is 1.72 bits per heavy atom. The number of ketones is 1. The molecule has 1 aliphatic carbocycles. The molecule has 36 heavy (non-hydrogen) atoms. The third-order valence-electron chi connectivity index (χ3n) is 7.05. The first-order valence-corrected chi connectivity index (χ1v) is 13.9. The van der Waals surface area contributed by atoms with Crippen LogP contribution in [0.5, 0.6) is 0 Å². The van der Waals surface area contributed by atoms with Crippen molar-refractivity contribution in [1.29, 1.82) is 0 Å². The van der Waals surface area contributed by atoms with Crippen LogP contribution in [0.3, 0.4) is 0 Å². The van der Waals surface area contributed by atoms with Crippen LogP contribution in [0.4, 0.5) is 0 Å². The van der Waals surface area contributed by atoms with Gasteiger partial charge in [0.2, 0.25) is 0 Å². The summed E-state index contributed by atoms with van der Waals surface area (Å²) in [5.41, 5.74) is 5.12. The molecule has 0 amide bonds. The first kappa shape index (κ1) is 24.7. The van der Waals surface area contributed by atoms with Gasteiger partial charge < -0.3 is 0 Å². The molecule has 1 heterocycles. The highest BCUT2D eigenvalue weighted by atomic mass is 79.9. The maximum Gasteiger partial charge on any atom is 0.258 e. The molecule has 1 aromatic heterocycles. The summed E-state index contributed by atoms with van der Waals surface area (Å²) in [6.07, 6.45) is 1.65. The number of aromatic nitrogens is 2. The van der Waals surface area contributed by atoms with Crippen LogP contribution in [0, 0.1) is 0 Å². The zero-order chi connectivity index (χ0) is 25.3. The minimum absolute atomic E-state index is 0.00419. The number of carbonyl (C=O) groups excluding carboxylic acids is 1. The van der Waals surface area contributed by atoms with Gasteiger partial charge in [-0.3, -0.25) is 14.2 Å². The van der Waals surface area contributed by atoms with E-state index in [0.717, 1.165) is 39.7 Å². The molecule has 0 spiro atoms. The molecule has 0 bridgehead atoms. The molecule has 1 aliphatic rings. The van der Waals surface area contributed by atoms with Crippen LogP contribution in [0.1, 0.15) is 47.3 Å². The van der Waals surface area contributed by atoms with Crippen molar-refractivity contribution >= 4 is 33.5 Å². The van der Waals surface area contributed by atoms with Gasteiger partial charge in [-0.1, -0.05) is 108 Å². The summed E-state index contributed by atoms with van der Waals surface area (Å²) in [5.74, 6) is 0.207. The first-order chi connectivity index (χ1) is 17.4. The van der Waals surface area contributed by atoms with E-state index in [1.54, 1.807) is 4.57 Å². The van der Waals surface area contributed by atoms with Crippen molar-refractivity contribution in [3.05, 3.63) is 116 Å². The van der Waals surface area contributed by atoms with E-state index >= 15 is 0 Å². The number of rotatable bonds is 7. The van der Waals surface area contributed by atoms with E-state index in [0.29, 0.717) is 17.3 Å². The van der Waals surface area contributed by atoms with Gasteiger partial charge in [0.15, 0.2) is 10.9 Å². The number of Topliss-reactive ketones (excluding diaryl/α,β-unsaturated/α-hetero) is 1. The van der Waals surface area contributed by atoms with Gasteiger partial charge >= 0.3 is 0 Å². The van der Waals surface area contributed by atoms with E-state index < -0.39 is 0 Å². The average Bonchev–Trinajstić information content (AvgIpc) is 2.90. The van der Waals surface area contributed by atoms with Gasteiger partial charge in [-0.2, -0.15) is 0 Å². The lowest BCUT2D eigenvalue weighted by atomic mass is 9.69. The Labute approximate surface area is 223 Å². The van der Waals surface area contributed by atoms with Gasteiger partial charge in [0.1, 0.15) is 0 Å². The second-order valence-corrected chi connectivity index (χ2v) is 11.3. The molecule has 4 nitrogen and oxygen atoms in total. The van der Waals surface area contributed by atoms with E-state index in [4.69, 9.17) is 4.98 Å². The maximum atomic E-state index is 14.2. The minimum atomic E-state index is -0.303. The fraction of sp³-hybridized carbons (Fsp3) is 0.233. The second-order valence-electron chi connectivity index (χ2n) is 9.46. The molecule has 182 valence electrons. The van der Waals surface area contributed by atoms with Gasteiger partial charge in [-0.05, 0) is 36.1 Å². The van der Waals surface area contributed by atoms with Crippen molar-refractivity contribution in [2.45, 2.75) is 43.8 Å². The molecular formula is C30H27BrN2O2S. The molecule has 3 aromatic carbocycles. The van der Waals surface area contributed by atoms with E-state index in [1.807, 2.05) is 66.7 Å². The lowest BCUT2D eigenvalue weighted by Crippen LogP contribution is -2.40. The van der Waals surface area contributed by atoms with Crippen molar-refractivity contribution in [2.24, 2.45) is 0 Å². The molecule has 0 saturated heterocycles. The topological polar surface area (TPSA) is 52.0 Å². The number of carbonyl (C=O) groups is 1. The Morgan fingerprint density at radius 3 is 2.44 bits per heavy atom. The fourth-order valence-corrected chi connectivity index (χ4v) is 6.01. The number of hydrogen-bond donors (Lipinski definition) is 0. The fourth-order valence-electron chi connectivity index (χ4n) is 4.85. The lowest BCUT2D eigenvalue weighted by Gasteiger charge is -2.36. The number of nitrogens with zero attached hydrogens (tertiary/aromatic N) is 2. The van der Waals surface area contributed by atoms with Gasteiger partial charge in [-0.15, -0.1) is 0 Å². The minimum Gasteiger partial charge on any atom is -0.293 e. The van der Waals surface area contributed by atoms with E-state index in [2.05, 4.69) is 41.9 Å². The summed E-state index contributed by atoms with van der Waals surface area (Å²) in [6, 6.07) is 25.5. The maximum absolute atomic E-state index is 14.2. The summed E-state index contributed by atoms with van der Waals surface area (Å²) in [7, 11) is 0. The summed E-state index contributed by atoms with van der Waals surface area (Å²) in [6.45, 7) is 4.72. The monoisotopic (exact) mass is 558 g/mol. The standard InChI is InChI=1S/C30H27BrN2O2S/c1-3-30(2)17-22-11-7-8-12-24(22)27-26(30)28(35)33(18-20-9-5-4-6-10-20)29(32-27)36-19-25(34)21-13-15-23(31)16-14-21/h4-16H,3,17-19H2,1-2H3/t30-/m0/s1. The van der Waals surface area contributed by atoms with E-state index in [9.17, 15) is 9.59 Å². The quantitative estimate of drug-likeness (QED) is 0.140. The smallest absolute Gasteiger partial charge is 0.258 e. The van der Waals surface area contributed by atoms with Crippen LogP contribution in [0.15, 0.2) is 93.3 Å². The number of halogens is 1. The SMILES string of the molecule is CC[C@@]1(C)Cc2ccccc2-c2nc(SCC(=O)c3ccc(Br)cc3)n(Cc3ccccc3)c(=O)c21. The van der Waals surface area contributed by atoms with Crippen molar-refractivity contribution in [3.8, 4) is 11.3 Å². The normalized spacial score (nSPS) is 16.3. The van der Waals surface area contributed by atoms with Crippen molar-refractivity contribution in [1.82, 2.24) is 9.55 Å². The summed E-state index contributed by atoms with van der Waals surface area (Å²) in [5, 5.41) is 0.572. The average molecular weight is 560 g/mol. The Kier molecular flexibility index (Phi) is 7.00. The van der Waals surface area contributed by atoms with E-state index in [-0.39, 0.29) is 22.5 Å². The Balaban J connectivity index is 1.62. The van der Waals surface area contributed by atoms with Gasteiger partial charge in [0, 0.05) is 21.0 Å². The van der Waals surface area contributed by atoms with Gasteiger partial charge in [0.05, 0.1) is 23.6 Å². The van der Waals surface area contributed by atoms with Crippen LogP contribution < -0.4 is 5.56 Å². The number of hydrogen-bond acceptors (Lipinski definition) is 4. The summed E-state index contributed by atoms with van der Waals surface area (Å²) >= 11 is 4.75. The zero-order valence-electron chi connectivity index (χ0n) is 20.3. The largest absolute Gasteiger partial charge is 0.293 e. The second kappa shape index (κ2) is 10.2. The van der Waals surface area contributed by atoms with Crippen LogP contribution in [0.25, 0.3) is 11.3 Å². The Morgan fingerprint density at radius 1 is 1.03 bits per heavy atom. The number of fused-ring (bicyclic) bond motifs is 3. The molecule has 5 rings (SSSR count). The first-order valence-electron chi connectivity index (χ1n) is 12.1. The van der Waals surface area contributed by atoms with Crippen molar-refractivity contribution in [2.75, 3.05) is 5.75 Å². The molecule has 0 radical (unpaired) electrons. The molecule has 0 aliphatic heterocycles. The number of thioether (sulfide) groups is 1. The summed E-state index contributed by atoms with van der Waals surface area (Å²) in [4.78, 5) is 32.3. The Hall–Kier alpha value is -2.96. The van der Waals surface area contributed by atoms with Gasteiger partial charge in [0.25, 0.3) is 5.56 Å². The predicted octanol–water partition coefficient (Wildman–Crippen LogP) is 6.92. The van der Waals surface area contributed by atoms with Crippen molar-refractivity contribution < 1.29 is 4.79 Å². The van der Waals surface area contributed by atoms with Crippen LogP contribution in [0.2, 0.25) is 0 Å². The molecule has 1 atom stereocenters. The third kappa shape index (κ3) is 4.72. The molecule has 6 heteroatoms. The molecular weight excluding hydrogens is 532 g/mol. The zero-order valence-corrected chi connectivity index (χ0v) is 22.7. The van der Waals surface area contributed by atoms with Gasteiger partial charge in [-0.25, -0.2) is 4.98 Å². The van der Waals surface area contributed by atoms with Crippen LogP contribution in [-0.4, -0.2) is 21.1 Å². The highest BCUT2D eigenvalue weighted by Crippen LogP contribution is 2.43. The summed E-state index contributed by atoms with van der Waals surface area (Å²) < 4.78 is 2.69. The third-order valence-corrected chi connectivity index (χ3v) is 8.56. The lowest BCUT2D eigenvalue weighted by molar-refractivity contribution is 0.102. The molecule has 4 aromatic rings. The highest BCUT2D eigenvalue weighted by Gasteiger charge is 2.38. The molecule has 0 N–H and O–H groups in total. The van der Waals surface area contributed by atoms with Crippen LogP contribution in [-0.2, 0) is 18.4 Å². The van der Waals surface area contributed by atoms with Crippen LogP contribution >= 0.6 is 27.7 Å². The Bertz CT molecular complexity index is 1480.